The molecule has 210 valence electrons. The average Bonchev–Trinajstić information content (AvgIpc) is 3.66. The first kappa shape index (κ1) is 27.3. The van der Waals surface area contributed by atoms with Gasteiger partial charge in [0, 0.05) is 37.5 Å². The summed E-state index contributed by atoms with van der Waals surface area (Å²) in [5.74, 6) is 0.342. The molecule has 1 fully saturated rings. The van der Waals surface area contributed by atoms with Gasteiger partial charge in [-0.3, -0.25) is 9.59 Å². The van der Waals surface area contributed by atoms with E-state index in [0.29, 0.717) is 61.8 Å². The van der Waals surface area contributed by atoms with Crippen LogP contribution in [0.1, 0.15) is 56.3 Å². The number of aliphatic hydroxyl groups is 1. The Labute approximate surface area is 234 Å². The van der Waals surface area contributed by atoms with Crippen molar-refractivity contribution in [3.8, 4) is 17.2 Å². The van der Waals surface area contributed by atoms with Crippen molar-refractivity contribution < 1.29 is 28.9 Å². The predicted octanol–water partition coefficient (Wildman–Crippen LogP) is 4.91. The summed E-state index contributed by atoms with van der Waals surface area (Å²) >= 11 is 0. The minimum Gasteiger partial charge on any atom is -0.507 e. The number of aliphatic hydroxyl groups excluding tert-OH is 1. The zero-order chi connectivity index (χ0) is 28.2. The van der Waals surface area contributed by atoms with E-state index in [-0.39, 0.29) is 17.4 Å². The number of ether oxygens (including phenoxy) is 3. The number of hydrogen-bond acceptors (Lipinski definition) is 7. The highest BCUT2D eigenvalue weighted by molar-refractivity contribution is 6.46. The second-order valence-corrected chi connectivity index (χ2v) is 10.1. The summed E-state index contributed by atoms with van der Waals surface area (Å²) in [5.41, 5.74) is 2.16. The lowest BCUT2D eigenvalue weighted by Gasteiger charge is -2.26. The minimum atomic E-state index is -0.786. The molecule has 40 heavy (non-hydrogen) atoms. The van der Waals surface area contributed by atoms with Crippen molar-refractivity contribution in [1.29, 1.82) is 0 Å². The Morgan fingerprint density at radius 2 is 1.95 bits per heavy atom. The number of ketones is 1. The van der Waals surface area contributed by atoms with E-state index in [9.17, 15) is 14.7 Å². The number of carbonyl (C=O) groups excluding carboxylic acids is 2. The van der Waals surface area contributed by atoms with E-state index in [1.165, 1.54) is 0 Å². The number of amides is 1. The first-order valence-electron chi connectivity index (χ1n) is 13.8. The maximum absolute atomic E-state index is 13.5. The van der Waals surface area contributed by atoms with Crippen LogP contribution in [-0.2, 0) is 22.6 Å². The smallest absolute Gasteiger partial charge is 0.295 e. The Kier molecular flexibility index (Phi) is 8.09. The second-order valence-electron chi connectivity index (χ2n) is 10.1. The summed E-state index contributed by atoms with van der Waals surface area (Å²) in [6.45, 7) is 7.80. The van der Waals surface area contributed by atoms with Crippen molar-refractivity contribution in [2.45, 2.75) is 58.7 Å². The van der Waals surface area contributed by atoms with Crippen molar-refractivity contribution in [2.75, 3.05) is 19.8 Å². The third-order valence-corrected chi connectivity index (χ3v) is 7.13. The Hall–Kier alpha value is -4.27. The number of rotatable bonds is 11. The van der Waals surface area contributed by atoms with Crippen molar-refractivity contribution in [3.05, 3.63) is 77.4 Å². The standard InChI is InChI=1S/C31H35N3O6/c1-4-15-39-25-10-7-21(18-26(25)38-5-2)28-27(29(35)22-8-9-24-23(17-22)16-20(3)40-24)30(36)31(37)34(28)13-6-12-33-14-11-32-19-33/h7-11,14,17-20,28,35H,4-6,12-13,15-16H2,1-3H3/b29-27+/t20-,28-/m1/s1. The van der Waals surface area contributed by atoms with Crippen LogP contribution < -0.4 is 14.2 Å². The topological polar surface area (TPSA) is 103 Å². The molecule has 1 N–H and O–H groups in total. The molecular weight excluding hydrogens is 510 g/mol. The van der Waals surface area contributed by atoms with Crippen molar-refractivity contribution in [1.82, 2.24) is 14.5 Å². The van der Waals surface area contributed by atoms with Gasteiger partial charge >= 0.3 is 0 Å². The molecule has 2 aliphatic rings. The van der Waals surface area contributed by atoms with E-state index >= 15 is 0 Å². The van der Waals surface area contributed by atoms with Gasteiger partial charge in [0.25, 0.3) is 11.7 Å². The van der Waals surface area contributed by atoms with Gasteiger partial charge in [0.15, 0.2) is 11.5 Å². The number of aromatic nitrogens is 2. The molecule has 2 aromatic carbocycles. The van der Waals surface area contributed by atoms with Crippen LogP contribution >= 0.6 is 0 Å². The third kappa shape index (κ3) is 5.41. The van der Waals surface area contributed by atoms with Crippen molar-refractivity contribution in [3.63, 3.8) is 0 Å². The van der Waals surface area contributed by atoms with Gasteiger partial charge < -0.3 is 28.8 Å². The quantitative estimate of drug-likeness (QED) is 0.208. The number of benzene rings is 2. The highest BCUT2D eigenvalue weighted by atomic mass is 16.5. The number of imidazole rings is 1. The molecule has 0 bridgehead atoms. The van der Waals surface area contributed by atoms with Gasteiger partial charge in [-0.2, -0.15) is 0 Å². The second kappa shape index (κ2) is 11.9. The van der Waals surface area contributed by atoms with E-state index in [4.69, 9.17) is 14.2 Å². The lowest BCUT2D eigenvalue weighted by molar-refractivity contribution is -0.139. The Morgan fingerprint density at radius 1 is 1.10 bits per heavy atom. The van der Waals surface area contributed by atoms with Gasteiger partial charge in [-0.1, -0.05) is 13.0 Å². The van der Waals surface area contributed by atoms with Gasteiger partial charge in [-0.25, -0.2) is 4.98 Å². The first-order chi connectivity index (χ1) is 19.4. The molecule has 0 saturated carbocycles. The molecule has 2 aliphatic heterocycles. The van der Waals surface area contributed by atoms with Crippen LogP contribution in [0.25, 0.3) is 5.76 Å². The minimum absolute atomic E-state index is 0.0406. The molecule has 0 aliphatic carbocycles. The van der Waals surface area contributed by atoms with Crippen LogP contribution in [-0.4, -0.2) is 57.1 Å². The van der Waals surface area contributed by atoms with Gasteiger partial charge in [0.2, 0.25) is 0 Å². The van der Waals surface area contributed by atoms with Crippen LogP contribution in [0, 0.1) is 0 Å². The number of hydrogen-bond donors (Lipinski definition) is 1. The van der Waals surface area contributed by atoms with E-state index in [1.54, 1.807) is 41.7 Å². The summed E-state index contributed by atoms with van der Waals surface area (Å²) in [6.07, 6.45) is 7.46. The van der Waals surface area contributed by atoms with Crippen molar-refractivity contribution in [2.24, 2.45) is 0 Å². The zero-order valence-corrected chi connectivity index (χ0v) is 23.1. The summed E-state index contributed by atoms with van der Waals surface area (Å²) in [5, 5.41) is 11.5. The largest absolute Gasteiger partial charge is 0.507 e. The van der Waals surface area contributed by atoms with Crippen LogP contribution in [0.4, 0.5) is 0 Å². The van der Waals surface area contributed by atoms with E-state index in [0.717, 1.165) is 17.7 Å². The first-order valence-corrected chi connectivity index (χ1v) is 13.8. The van der Waals surface area contributed by atoms with Gasteiger partial charge in [0.05, 0.1) is 31.2 Å². The molecule has 1 amide bonds. The van der Waals surface area contributed by atoms with Gasteiger partial charge in [-0.15, -0.1) is 0 Å². The Balaban J connectivity index is 1.56. The number of Topliss-reactive ketones (excluding diaryl/α,β-unsaturated/α-hetero) is 1. The lowest BCUT2D eigenvalue weighted by atomic mass is 9.94. The molecule has 2 atom stereocenters. The SMILES string of the molecule is CCCOc1ccc([C@@H]2/C(=C(\O)c3ccc4c(c3)C[C@@H](C)O4)C(=O)C(=O)N2CCCn2ccnc2)cc1OCC. The molecule has 0 spiro atoms. The van der Waals surface area contributed by atoms with Gasteiger partial charge in [0.1, 0.15) is 17.6 Å². The number of carbonyl (C=O) groups is 2. The number of likely N-dealkylation sites (tertiary alicyclic amines) is 1. The molecule has 9 heteroatoms. The Morgan fingerprint density at radius 3 is 2.70 bits per heavy atom. The number of fused-ring (bicyclic) bond motifs is 1. The molecule has 0 radical (unpaired) electrons. The molecule has 1 saturated heterocycles. The fourth-order valence-electron chi connectivity index (χ4n) is 5.32. The predicted molar refractivity (Wildman–Crippen MR) is 149 cm³/mol. The summed E-state index contributed by atoms with van der Waals surface area (Å²) in [6, 6.07) is 10.0. The maximum Gasteiger partial charge on any atom is 0.295 e. The van der Waals surface area contributed by atoms with E-state index in [2.05, 4.69) is 4.98 Å². The fourth-order valence-corrected chi connectivity index (χ4v) is 5.32. The van der Waals surface area contributed by atoms with Crippen LogP contribution in [0.2, 0.25) is 0 Å². The van der Waals surface area contributed by atoms with Crippen LogP contribution in [0.3, 0.4) is 0 Å². The molecule has 9 nitrogen and oxygen atoms in total. The van der Waals surface area contributed by atoms with E-state index < -0.39 is 17.7 Å². The monoisotopic (exact) mass is 545 g/mol. The molecule has 3 heterocycles. The average molecular weight is 546 g/mol. The summed E-state index contributed by atoms with van der Waals surface area (Å²) < 4.78 is 19.5. The Bertz CT molecular complexity index is 1410. The summed E-state index contributed by atoms with van der Waals surface area (Å²) in [4.78, 5) is 32.5. The molecule has 5 rings (SSSR count). The zero-order valence-electron chi connectivity index (χ0n) is 23.1. The molecule has 0 unspecified atom stereocenters. The maximum atomic E-state index is 13.5. The van der Waals surface area contributed by atoms with Crippen LogP contribution in [0.15, 0.2) is 60.7 Å². The van der Waals surface area contributed by atoms with Crippen LogP contribution in [0.5, 0.6) is 17.2 Å². The molecule has 1 aromatic heterocycles. The highest BCUT2D eigenvalue weighted by Crippen LogP contribution is 2.43. The molecule has 3 aromatic rings. The highest BCUT2D eigenvalue weighted by Gasteiger charge is 2.46. The number of aryl methyl sites for hydroxylation is 1. The van der Waals surface area contributed by atoms with Crippen molar-refractivity contribution >= 4 is 17.4 Å². The third-order valence-electron chi connectivity index (χ3n) is 7.13. The molecular formula is C31H35N3O6. The fraction of sp³-hybridized carbons (Fsp3) is 0.387. The number of nitrogens with zero attached hydrogens (tertiary/aromatic N) is 3. The normalized spacial score (nSPS) is 19.5. The van der Waals surface area contributed by atoms with Gasteiger partial charge in [-0.05, 0) is 68.1 Å². The summed E-state index contributed by atoms with van der Waals surface area (Å²) in [7, 11) is 0. The lowest BCUT2D eigenvalue weighted by Crippen LogP contribution is -2.31. The van der Waals surface area contributed by atoms with E-state index in [1.807, 2.05) is 43.7 Å².